The zero-order chi connectivity index (χ0) is 17.9. The fourth-order valence-corrected chi connectivity index (χ4v) is 2.88. The number of carbonyl (C=O) groups excluding carboxylic acids is 2. The zero-order valence-corrected chi connectivity index (χ0v) is 14.8. The minimum absolute atomic E-state index is 0.108. The summed E-state index contributed by atoms with van der Waals surface area (Å²) in [6.45, 7) is 5.50. The maximum atomic E-state index is 12.7. The SMILES string of the molecule is COCC(=O)N(c1c(C)c(C)cc2ccccc12)C(C)C(=O)OC. The van der Waals surface area contributed by atoms with E-state index in [0.29, 0.717) is 0 Å². The second-order valence-corrected chi connectivity index (χ2v) is 5.78. The molecule has 0 aromatic heterocycles. The molecule has 0 aliphatic rings. The van der Waals surface area contributed by atoms with Crippen molar-refractivity contribution in [1.29, 1.82) is 0 Å². The molecule has 128 valence electrons. The Hall–Kier alpha value is -2.40. The summed E-state index contributed by atoms with van der Waals surface area (Å²) in [5.41, 5.74) is 2.73. The second kappa shape index (κ2) is 7.45. The zero-order valence-electron chi connectivity index (χ0n) is 14.8. The molecule has 0 fully saturated rings. The average Bonchev–Trinajstić information content (AvgIpc) is 2.57. The van der Waals surface area contributed by atoms with Gasteiger partial charge in [-0.25, -0.2) is 4.79 Å². The highest BCUT2D eigenvalue weighted by molar-refractivity contribution is 6.08. The Morgan fingerprint density at radius 2 is 1.83 bits per heavy atom. The maximum Gasteiger partial charge on any atom is 0.328 e. The third-order valence-corrected chi connectivity index (χ3v) is 4.24. The molecule has 0 radical (unpaired) electrons. The van der Waals surface area contributed by atoms with Crippen LogP contribution in [0.1, 0.15) is 18.1 Å². The molecule has 1 unspecified atom stereocenters. The monoisotopic (exact) mass is 329 g/mol. The topological polar surface area (TPSA) is 55.8 Å². The fraction of sp³-hybridized carbons (Fsp3) is 0.368. The Kier molecular flexibility index (Phi) is 5.57. The minimum atomic E-state index is -0.749. The van der Waals surface area contributed by atoms with Gasteiger partial charge in [-0.1, -0.05) is 30.3 Å². The van der Waals surface area contributed by atoms with Gasteiger partial charge in [0, 0.05) is 12.5 Å². The van der Waals surface area contributed by atoms with Gasteiger partial charge < -0.3 is 9.47 Å². The van der Waals surface area contributed by atoms with E-state index in [1.165, 1.54) is 19.1 Å². The van der Waals surface area contributed by atoms with Crippen molar-refractivity contribution in [3.8, 4) is 0 Å². The van der Waals surface area contributed by atoms with E-state index in [4.69, 9.17) is 9.47 Å². The Balaban J connectivity index is 2.74. The number of aryl methyl sites for hydroxylation is 1. The molecule has 0 N–H and O–H groups in total. The Bertz CT molecular complexity index is 769. The van der Waals surface area contributed by atoms with Gasteiger partial charge in [0.1, 0.15) is 12.6 Å². The number of carbonyl (C=O) groups is 2. The number of nitrogens with zero attached hydrogens (tertiary/aromatic N) is 1. The lowest BCUT2D eigenvalue weighted by Gasteiger charge is -2.30. The number of fused-ring (bicyclic) bond motifs is 1. The molecule has 5 heteroatoms. The van der Waals surface area contributed by atoms with Crippen molar-refractivity contribution in [2.75, 3.05) is 25.7 Å². The number of hydrogen-bond acceptors (Lipinski definition) is 4. The summed E-state index contributed by atoms with van der Waals surface area (Å²) >= 11 is 0. The molecule has 5 nitrogen and oxygen atoms in total. The quantitative estimate of drug-likeness (QED) is 0.791. The highest BCUT2D eigenvalue weighted by Gasteiger charge is 2.30. The Morgan fingerprint density at radius 3 is 2.46 bits per heavy atom. The number of ether oxygens (including phenoxy) is 2. The molecule has 1 atom stereocenters. The predicted molar refractivity (Wildman–Crippen MR) is 94.3 cm³/mol. The largest absolute Gasteiger partial charge is 0.467 e. The number of anilines is 1. The van der Waals surface area contributed by atoms with Crippen LogP contribution >= 0.6 is 0 Å². The molecular formula is C19H23NO4. The summed E-state index contributed by atoms with van der Waals surface area (Å²) in [5.74, 6) is -0.751. The first-order valence-corrected chi connectivity index (χ1v) is 7.80. The van der Waals surface area contributed by atoms with E-state index in [1.807, 2.05) is 38.1 Å². The van der Waals surface area contributed by atoms with Crippen LogP contribution in [0.2, 0.25) is 0 Å². The molecular weight excluding hydrogens is 306 g/mol. The van der Waals surface area contributed by atoms with E-state index in [-0.39, 0.29) is 12.5 Å². The van der Waals surface area contributed by atoms with Gasteiger partial charge in [-0.05, 0) is 37.3 Å². The highest BCUT2D eigenvalue weighted by Crippen LogP contribution is 2.34. The first-order valence-electron chi connectivity index (χ1n) is 7.80. The van der Waals surface area contributed by atoms with E-state index in [1.54, 1.807) is 6.92 Å². The summed E-state index contributed by atoms with van der Waals surface area (Å²) in [5, 5.41) is 1.93. The van der Waals surface area contributed by atoms with Crippen molar-refractivity contribution >= 4 is 28.3 Å². The van der Waals surface area contributed by atoms with Crippen molar-refractivity contribution in [2.45, 2.75) is 26.8 Å². The van der Waals surface area contributed by atoms with Crippen LogP contribution in [-0.4, -0.2) is 38.7 Å². The van der Waals surface area contributed by atoms with Crippen molar-refractivity contribution in [1.82, 2.24) is 0 Å². The number of methoxy groups -OCH3 is 2. The molecule has 0 aliphatic heterocycles. The van der Waals surface area contributed by atoms with E-state index >= 15 is 0 Å². The summed E-state index contributed by atoms with van der Waals surface area (Å²) < 4.78 is 9.86. The molecule has 2 aromatic rings. The normalized spacial score (nSPS) is 12.0. The van der Waals surface area contributed by atoms with Gasteiger partial charge in [-0.15, -0.1) is 0 Å². The summed E-state index contributed by atoms with van der Waals surface area (Å²) in [4.78, 5) is 26.3. The van der Waals surface area contributed by atoms with Gasteiger partial charge >= 0.3 is 5.97 Å². The van der Waals surface area contributed by atoms with Crippen LogP contribution in [0.15, 0.2) is 30.3 Å². The lowest BCUT2D eigenvalue weighted by molar-refractivity contribution is -0.143. The van der Waals surface area contributed by atoms with E-state index < -0.39 is 12.0 Å². The minimum Gasteiger partial charge on any atom is -0.467 e. The van der Waals surface area contributed by atoms with Crippen molar-refractivity contribution < 1.29 is 19.1 Å². The van der Waals surface area contributed by atoms with Crippen LogP contribution in [0.3, 0.4) is 0 Å². The molecule has 2 aromatic carbocycles. The first kappa shape index (κ1) is 17.9. The third-order valence-electron chi connectivity index (χ3n) is 4.24. The van der Waals surface area contributed by atoms with Crippen molar-refractivity contribution in [2.24, 2.45) is 0 Å². The average molecular weight is 329 g/mol. The molecule has 0 saturated carbocycles. The second-order valence-electron chi connectivity index (χ2n) is 5.78. The van der Waals surface area contributed by atoms with Crippen molar-refractivity contribution in [3.05, 3.63) is 41.5 Å². The molecule has 24 heavy (non-hydrogen) atoms. The first-order chi connectivity index (χ1) is 11.4. The van der Waals surface area contributed by atoms with Gasteiger partial charge in [0.25, 0.3) is 5.91 Å². The smallest absolute Gasteiger partial charge is 0.328 e. The summed E-state index contributed by atoms with van der Waals surface area (Å²) in [7, 11) is 2.78. The van der Waals surface area contributed by atoms with Crippen LogP contribution in [0.5, 0.6) is 0 Å². The van der Waals surface area contributed by atoms with Gasteiger partial charge in [-0.2, -0.15) is 0 Å². The lowest BCUT2D eigenvalue weighted by Crippen LogP contribution is -2.46. The van der Waals surface area contributed by atoms with Crippen LogP contribution in [-0.2, 0) is 19.1 Å². The van der Waals surface area contributed by atoms with Gasteiger partial charge in [0.05, 0.1) is 12.8 Å². The predicted octanol–water partition coefficient (Wildman–Crippen LogP) is 3.00. The highest BCUT2D eigenvalue weighted by atomic mass is 16.5. The number of benzene rings is 2. The van der Waals surface area contributed by atoms with E-state index in [0.717, 1.165) is 27.6 Å². The van der Waals surface area contributed by atoms with Gasteiger partial charge in [0.2, 0.25) is 0 Å². The van der Waals surface area contributed by atoms with Crippen LogP contribution in [0, 0.1) is 13.8 Å². The number of amides is 1. The van der Waals surface area contributed by atoms with E-state index in [9.17, 15) is 9.59 Å². The number of hydrogen-bond donors (Lipinski definition) is 0. The summed E-state index contributed by atoms with van der Waals surface area (Å²) in [6.07, 6.45) is 0. The Labute approximate surface area is 142 Å². The number of rotatable bonds is 5. The van der Waals surface area contributed by atoms with Gasteiger partial charge in [-0.3, -0.25) is 9.69 Å². The third kappa shape index (κ3) is 3.26. The van der Waals surface area contributed by atoms with Gasteiger partial charge in [0.15, 0.2) is 0 Å². The van der Waals surface area contributed by atoms with Crippen LogP contribution < -0.4 is 4.90 Å². The standard InChI is InChI=1S/C19H23NO4/c1-12-10-15-8-6-7-9-16(15)18(13(12)2)20(17(21)11-23-4)14(3)19(22)24-5/h6-10,14H,11H2,1-5H3. The molecule has 1 amide bonds. The van der Waals surface area contributed by atoms with Crippen LogP contribution in [0.25, 0.3) is 10.8 Å². The molecule has 0 saturated heterocycles. The molecule has 0 aliphatic carbocycles. The summed E-state index contributed by atoms with van der Waals surface area (Å²) in [6, 6.07) is 9.15. The van der Waals surface area contributed by atoms with E-state index in [2.05, 4.69) is 6.07 Å². The molecule has 0 spiro atoms. The maximum absolute atomic E-state index is 12.7. The molecule has 0 heterocycles. The van der Waals surface area contributed by atoms with Crippen molar-refractivity contribution in [3.63, 3.8) is 0 Å². The molecule has 2 rings (SSSR count). The fourth-order valence-electron chi connectivity index (χ4n) is 2.88. The Morgan fingerprint density at radius 1 is 1.17 bits per heavy atom. The lowest BCUT2D eigenvalue weighted by atomic mass is 9.98. The van der Waals surface area contributed by atoms with Crippen LogP contribution in [0.4, 0.5) is 5.69 Å². The molecule has 0 bridgehead atoms. The number of esters is 1.